The van der Waals surface area contributed by atoms with Gasteiger partial charge in [-0.2, -0.15) is 0 Å². The maximum atomic E-state index is 13.0. The summed E-state index contributed by atoms with van der Waals surface area (Å²) < 4.78 is 25.9. The number of anilines is 1. The summed E-state index contributed by atoms with van der Waals surface area (Å²) in [5, 5.41) is 11.7. The summed E-state index contributed by atoms with van der Waals surface area (Å²) in [7, 11) is 0. The lowest BCUT2D eigenvalue weighted by Gasteiger charge is -2.16. The van der Waals surface area contributed by atoms with Gasteiger partial charge in [-0.3, -0.25) is 4.79 Å². The molecule has 0 saturated carbocycles. The van der Waals surface area contributed by atoms with Gasteiger partial charge in [-0.25, -0.2) is 8.78 Å². The number of carbonyl (C=O) groups is 1. The highest BCUT2D eigenvalue weighted by Crippen LogP contribution is 2.17. The van der Waals surface area contributed by atoms with Crippen molar-refractivity contribution in [2.45, 2.75) is 32.4 Å². The molecule has 0 aromatic heterocycles. The first kappa shape index (κ1) is 14.4. The minimum absolute atomic E-state index is 0.119. The Balaban J connectivity index is 2.82. The highest BCUT2D eigenvalue weighted by atomic mass is 19.2. The third-order valence-electron chi connectivity index (χ3n) is 2.41. The van der Waals surface area contributed by atoms with Crippen LogP contribution in [0.3, 0.4) is 0 Å². The van der Waals surface area contributed by atoms with E-state index in [0.29, 0.717) is 6.42 Å². The van der Waals surface area contributed by atoms with Crippen LogP contribution in [0.4, 0.5) is 14.5 Å². The van der Waals surface area contributed by atoms with Crippen LogP contribution in [0.15, 0.2) is 12.1 Å². The molecule has 0 saturated heterocycles. The number of rotatable bonds is 4. The van der Waals surface area contributed by atoms with Crippen molar-refractivity contribution < 1.29 is 18.7 Å². The highest BCUT2D eigenvalue weighted by Gasteiger charge is 2.16. The molecular formula is C12H16F2N2O2. The van der Waals surface area contributed by atoms with Crippen molar-refractivity contribution >= 4 is 11.6 Å². The molecule has 0 radical (unpaired) electrons. The van der Waals surface area contributed by atoms with Crippen LogP contribution in [0.25, 0.3) is 0 Å². The quantitative estimate of drug-likeness (QED) is 0.715. The molecule has 0 heterocycles. The van der Waals surface area contributed by atoms with E-state index in [4.69, 9.17) is 10.8 Å². The number of nitrogens with one attached hydrogen (secondary N) is 1. The fourth-order valence-corrected chi connectivity index (χ4v) is 1.63. The normalized spacial score (nSPS) is 14.1. The van der Waals surface area contributed by atoms with E-state index in [0.717, 1.165) is 12.1 Å². The summed E-state index contributed by atoms with van der Waals surface area (Å²) in [5.41, 5.74) is 5.20. The van der Waals surface area contributed by atoms with Crippen molar-refractivity contribution in [3.05, 3.63) is 29.3 Å². The smallest absolute Gasteiger partial charge is 0.253 e. The summed E-state index contributed by atoms with van der Waals surface area (Å²) in [4.78, 5) is 11.8. The summed E-state index contributed by atoms with van der Waals surface area (Å²) in [6, 6.07) is 1.23. The zero-order valence-corrected chi connectivity index (χ0v) is 10.2. The first-order chi connectivity index (χ1) is 8.31. The second-order valence-corrected chi connectivity index (χ2v) is 4.31. The predicted molar refractivity (Wildman–Crippen MR) is 64.0 cm³/mol. The van der Waals surface area contributed by atoms with Crippen LogP contribution in [0.1, 0.15) is 30.6 Å². The summed E-state index contributed by atoms with van der Waals surface area (Å²) in [6.07, 6.45) is -0.211. The molecule has 1 aromatic carbocycles. The molecule has 0 aliphatic carbocycles. The van der Waals surface area contributed by atoms with E-state index in [-0.39, 0.29) is 17.3 Å². The largest absolute Gasteiger partial charge is 0.398 e. The second kappa shape index (κ2) is 5.77. The molecular weight excluding hydrogens is 242 g/mol. The molecule has 4 N–H and O–H groups in total. The molecule has 0 aliphatic heterocycles. The zero-order chi connectivity index (χ0) is 13.9. The van der Waals surface area contributed by atoms with E-state index in [1.807, 2.05) is 0 Å². The van der Waals surface area contributed by atoms with Gasteiger partial charge in [0.15, 0.2) is 11.6 Å². The van der Waals surface area contributed by atoms with Gasteiger partial charge in [0.05, 0.1) is 11.7 Å². The Labute approximate surface area is 104 Å². The first-order valence-corrected chi connectivity index (χ1v) is 5.54. The van der Waals surface area contributed by atoms with Crippen molar-refractivity contribution in [1.29, 1.82) is 0 Å². The standard InChI is InChI=1S/C12H16F2N2O2/c1-6(3-7(2)17)16-12(18)8-4-9(13)10(14)5-11(8)15/h4-7,17H,3,15H2,1-2H3,(H,16,18). The number of hydrogen-bond acceptors (Lipinski definition) is 3. The van der Waals surface area contributed by atoms with E-state index in [9.17, 15) is 13.6 Å². The predicted octanol–water partition coefficient (Wildman–Crippen LogP) is 1.44. The maximum absolute atomic E-state index is 13.0. The van der Waals surface area contributed by atoms with E-state index >= 15 is 0 Å². The number of nitrogens with two attached hydrogens (primary N) is 1. The van der Waals surface area contributed by atoms with Gasteiger partial charge < -0.3 is 16.2 Å². The van der Waals surface area contributed by atoms with Crippen LogP contribution >= 0.6 is 0 Å². The Morgan fingerprint density at radius 3 is 2.50 bits per heavy atom. The molecule has 2 atom stereocenters. The van der Waals surface area contributed by atoms with Gasteiger partial charge in [-0.05, 0) is 26.3 Å². The summed E-state index contributed by atoms with van der Waals surface area (Å²) in [6.45, 7) is 3.29. The van der Waals surface area contributed by atoms with Gasteiger partial charge in [-0.15, -0.1) is 0 Å². The molecule has 0 bridgehead atoms. The topological polar surface area (TPSA) is 75.3 Å². The van der Waals surface area contributed by atoms with Gasteiger partial charge >= 0.3 is 0 Å². The number of hydrogen-bond donors (Lipinski definition) is 3. The van der Waals surface area contributed by atoms with E-state index < -0.39 is 23.6 Å². The minimum Gasteiger partial charge on any atom is -0.398 e. The number of benzene rings is 1. The Morgan fingerprint density at radius 2 is 1.94 bits per heavy atom. The van der Waals surface area contributed by atoms with Crippen molar-refractivity contribution in [3.63, 3.8) is 0 Å². The Bertz CT molecular complexity index is 450. The number of nitrogen functional groups attached to an aromatic ring is 1. The van der Waals surface area contributed by atoms with E-state index in [1.165, 1.54) is 0 Å². The molecule has 18 heavy (non-hydrogen) atoms. The Kier molecular flexibility index (Phi) is 4.61. The lowest BCUT2D eigenvalue weighted by Crippen LogP contribution is -2.35. The fourth-order valence-electron chi connectivity index (χ4n) is 1.63. The molecule has 1 aromatic rings. The van der Waals surface area contributed by atoms with Crippen LogP contribution < -0.4 is 11.1 Å². The summed E-state index contributed by atoms with van der Waals surface area (Å²) in [5.74, 6) is -2.82. The molecule has 0 spiro atoms. The molecule has 0 fully saturated rings. The van der Waals surface area contributed by atoms with Crippen LogP contribution in [0, 0.1) is 11.6 Å². The van der Waals surface area contributed by atoms with Crippen LogP contribution in [0.2, 0.25) is 0 Å². The lowest BCUT2D eigenvalue weighted by molar-refractivity contribution is 0.0923. The number of amides is 1. The van der Waals surface area contributed by atoms with Crippen molar-refractivity contribution in [1.82, 2.24) is 5.32 Å². The number of carbonyl (C=O) groups excluding carboxylic acids is 1. The van der Waals surface area contributed by atoms with Crippen LogP contribution in [-0.2, 0) is 0 Å². The Morgan fingerprint density at radius 1 is 1.39 bits per heavy atom. The van der Waals surface area contributed by atoms with Crippen LogP contribution in [0.5, 0.6) is 0 Å². The van der Waals surface area contributed by atoms with E-state index in [1.54, 1.807) is 13.8 Å². The Hall–Kier alpha value is -1.69. The van der Waals surface area contributed by atoms with Crippen molar-refractivity contribution in [3.8, 4) is 0 Å². The number of aliphatic hydroxyl groups excluding tert-OH is 1. The average Bonchev–Trinajstić information content (AvgIpc) is 2.21. The van der Waals surface area contributed by atoms with Crippen molar-refractivity contribution in [2.24, 2.45) is 0 Å². The maximum Gasteiger partial charge on any atom is 0.253 e. The number of halogens is 2. The fraction of sp³-hybridized carbons (Fsp3) is 0.417. The van der Waals surface area contributed by atoms with Gasteiger partial charge in [0.2, 0.25) is 0 Å². The minimum atomic E-state index is -1.13. The van der Waals surface area contributed by atoms with Crippen LogP contribution in [-0.4, -0.2) is 23.2 Å². The van der Waals surface area contributed by atoms with Gasteiger partial charge in [-0.1, -0.05) is 0 Å². The average molecular weight is 258 g/mol. The monoisotopic (exact) mass is 258 g/mol. The van der Waals surface area contributed by atoms with Gasteiger partial charge in [0.25, 0.3) is 5.91 Å². The third kappa shape index (κ3) is 3.66. The second-order valence-electron chi connectivity index (χ2n) is 4.31. The molecule has 1 amide bonds. The molecule has 1 rings (SSSR count). The first-order valence-electron chi connectivity index (χ1n) is 5.54. The lowest BCUT2D eigenvalue weighted by atomic mass is 10.1. The molecule has 0 aliphatic rings. The molecule has 4 nitrogen and oxygen atoms in total. The van der Waals surface area contributed by atoms with Gasteiger partial charge in [0.1, 0.15) is 0 Å². The zero-order valence-electron chi connectivity index (χ0n) is 10.2. The van der Waals surface area contributed by atoms with Crippen molar-refractivity contribution in [2.75, 3.05) is 5.73 Å². The third-order valence-corrected chi connectivity index (χ3v) is 2.41. The molecule has 2 unspecified atom stereocenters. The van der Waals surface area contributed by atoms with Gasteiger partial charge in [0, 0.05) is 17.8 Å². The summed E-state index contributed by atoms with van der Waals surface area (Å²) >= 11 is 0. The SMILES string of the molecule is CC(O)CC(C)NC(=O)c1cc(F)c(F)cc1N. The van der Waals surface area contributed by atoms with E-state index in [2.05, 4.69) is 5.32 Å². The number of aliphatic hydroxyl groups is 1. The molecule has 100 valence electrons. The highest BCUT2D eigenvalue weighted by molar-refractivity contribution is 5.99. The molecule has 6 heteroatoms.